The number of rotatable bonds is 2. The highest BCUT2D eigenvalue weighted by molar-refractivity contribution is 6.06. The van der Waals surface area contributed by atoms with Crippen molar-refractivity contribution in [2.45, 2.75) is 13.8 Å². The van der Waals surface area contributed by atoms with Crippen LogP contribution in [0.4, 0.5) is 5.69 Å². The Kier molecular flexibility index (Phi) is 3.19. The second-order valence-corrected chi connectivity index (χ2v) is 4.51. The summed E-state index contributed by atoms with van der Waals surface area (Å²) >= 11 is 0. The van der Waals surface area contributed by atoms with Crippen molar-refractivity contribution in [3.63, 3.8) is 0 Å². The van der Waals surface area contributed by atoms with Crippen LogP contribution in [0.25, 0.3) is 0 Å². The number of aromatic nitrogens is 2. The molecule has 0 bridgehead atoms. The number of hydrogen-bond donors (Lipinski definition) is 0. The lowest BCUT2D eigenvalue weighted by Crippen LogP contribution is -2.26. The topological polar surface area (TPSA) is 38.1 Å². The van der Waals surface area contributed by atoms with Gasteiger partial charge in [-0.25, -0.2) is 0 Å². The number of carbonyl (C=O) groups excluding carboxylic acids is 1. The Morgan fingerprint density at radius 2 is 2.06 bits per heavy atom. The van der Waals surface area contributed by atoms with Gasteiger partial charge in [-0.05, 0) is 31.5 Å². The Bertz CT molecular complexity index is 586. The van der Waals surface area contributed by atoms with Crippen LogP contribution in [-0.4, -0.2) is 22.7 Å². The van der Waals surface area contributed by atoms with Crippen molar-refractivity contribution < 1.29 is 4.79 Å². The van der Waals surface area contributed by atoms with Gasteiger partial charge in [0, 0.05) is 26.0 Å². The average molecular weight is 243 g/mol. The summed E-state index contributed by atoms with van der Waals surface area (Å²) in [5, 5.41) is 4.19. The molecule has 0 unspecified atom stereocenters. The number of benzene rings is 1. The van der Waals surface area contributed by atoms with Crippen LogP contribution in [0.15, 0.2) is 30.5 Å². The van der Waals surface area contributed by atoms with Gasteiger partial charge in [-0.1, -0.05) is 12.1 Å². The molecule has 2 rings (SSSR count). The normalized spacial score (nSPS) is 10.4. The third kappa shape index (κ3) is 2.27. The fourth-order valence-electron chi connectivity index (χ4n) is 1.94. The summed E-state index contributed by atoms with van der Waals surface area (Å²) < 4.78 is 1.66. The van der Waals surface area contributed by atoms with Crippen LogP contribution < -0.4 is 4.90 Å². The number of hydrogen-bond acceptors (Lipinski definition) is 2. The maximum Gasteiger partial charge on any atom is 0.261 e. The predicted molar refractivity (Wildman–Crippen MR) is 71.9 cm³/mol. The first-order chi connectivity index (χ1) is 8.49. The lowest BCUT2D eigenvalue weighted by atomic mass is 10.2. The molecule has 0 radical (unpaired) electrons. The molecule has 18 heavy (non-hydrogen) atoms. The lowest BCUT2D eigenvalue weighted by molar-refractivity contribution is 0.0992. The smallest absolute Gasteiger partial charge is 0.261 e. The summed E-state index contributed by atoms with van der Waals surface area (Å²) in [5.41, 5.74) is 3.42. The van der Waals surface area contributed by atoms with Crippen LogP contribution >= 0.6 is 0 Å². The first-order valence-corrected chi connectivity index (χ1v) is 5.84. The minimum Gasteiger partial charge on any atom is -0.311 e. The van der Waals surface area contributed by atoms with E-state index in [-0.39, 0.29) is 5.91 Å². The standard InChI is InChI=1S/C14H17N3O/c1-10-6-5-7-12(8-10)17(4)14(18)13-9-16(3)15-11(13)2/h5-9H,1-4H3. The van der Waals surface area contributed by atoms with Crippen molar-refractivity contribution in [1.29, 1.82) is 0 Å². The minimum absolute atomic E-state index is 0.0359. The Morgan fingerprint density at radius 3 is 2.61 bits per heavy atom. The summed E-state index contributed by atoms with van der Waals surface area (Å²) in [7, 11) is 3.60. The monoisotopic (exact) mass is 243 g/mol. The van der Waals surface area contributed by atoms with Gasteiger partial charge >= 0.3 is 0 Å². The van der Waals surface area contributed by atoms with E-state index in [0.717, 1.165) is 16.9 Å². The summed E-state index contributed by atoms with van der Waals surface area (Å²) in [6.45, 7) is 3.86. The molecule has 1 heterocycles. The van der Waals surface area contributed by atoms with E-state index < -0.39 is 0 Å². The molecule has 0 N–H and O–H groups in total. The average Bonchev–Trinajstić information content (AvgIpc) is 2.66. The summed E-state index contributed by atoms with van der Waals surface area (Å²) in [6.07, 6.45) is 1.75. The van der Waals surface area contributed by atoms with E-state index in [4.69, 9.17) is 0 Å². The molecule has 4 nitrogen and oxygen atoms in total. The first-order valence-electron chi connectivity index (χ1n) is 5.84. The molecule has 0 saturated carbocycles. The van der Waals surface area contributed by atoms with Gasteiger partial charge in [-0.3, -0.25) is 9.48 Å². The molecule has 94 valence electrons. The van der Waals surface area contributed by atoms with E-state index in [2.05, 4.69) is 5.10 Å². The third-order valence-corrected chi connectivity index (χ3v) is 2.94. The Balaban J connectivity index is 2.32. The van der Waals surface area contributed by atoms with Crippen LogP contribution in [0.1, 0.15) is 21.6 Å². The number of amides is 1. The zero-order valence-corrected chi connectivity index (χ0v) is 11.1. The molecule has 4 heteroatoms. The Hall–Kier alpha value is -2.10. The van der Waals surface area contributed by atoms with Crippen molar-refractivity contribution in [2.75, 3.05) is 11.9 Å². The molecule has 0 aliphatic carbocycles. The third-order valence-electron chi connectivity index (χ3n) is 2.94. The molecule has 2 aromatic rings. The van der Waals surface area contributed by atoms with Gasteiger partial charge in [-0.2, -0.15) is 5.10 Å². The molecule has 0 aliphatic rings. The van der Waals surface area contributed by atoms with Gasteiger partial charge < -0.3 is 4.90 Å². The van der Waals surface area contributed by atoms with Gasteiger partial charge in [0.2, 0.25) is 0 Å². The fraction of sp³-hybridized carbons (Fsp3) is 0.286. The Morgan fingerprint density at radius 1 is 1.33 bits per heavy atom. The molecule has 0 spiro atoms. The highest BCUT2D eigenvalue weighted by Gasteiger charge is 2.17. The highest BCUT2D eigenvalue weighted by atomic mass is 16.2. The largest absolute Gasteiger partial charge is 0.311 e. The minimum atomic E-state index is -0.0359. The van der Waals surface area contributed by atoms with Gasteiger partial charge in [-0.15, -0.1) is 0 Å². The van der Waals surface area contributed by atoms with Crippen LogP contribution in [0, 0.1) is 13.8 Å². The van der Waals surface area contributed by atoms with E-state index in [1.54, 1.807) is 22.8 Å². The molecule has 0 aliphatic heterocycles. The van der Waals surface area contributed by atoms with E-state index in [1.807, 2.05) is 45.2 Å². The Labute approximate surface area is 107 Å². The number of anilines is 1. The van der Waals surface area contributed by atoms with Gasteiger partial charge in [0.1, 0.15) is 0 Å². The maximum atomic E-state index is 12.4. The molecule has 1 aromatic carbocycles. The quantitative estimate of drug-likeness (QED) is 0.811. The van der Waals surface area contributed by atoms with Crippen molar-refractivity contribution >= 4 is 11.6 Å². The number of aryl methyl sites for hydroxylation is 3. The van der Waals surface area contributed by atoms with Gasteiger partial charge in [0.25, 0.3) is 5.91 Å². The van der Waals surface area contributed by atoms with Crippen LogP contribution in [0.5, 0.6) is 0 Å². The molecule has 1 amide bonds. The van der Waals surface area contributed by atoms with E-state index in [1.165, 1.54) is 0 Å². The highest BCUT2D eigenvalue weighted by Crippen LogP contribution is 2.18. The first kappa shape index (κ1) is 12.4. The molecular weight excluding hydrogens is 226 g/mol. The van der Waals surface area contributed by atoms with Crippen molar-refractivity contribution in [2.24, 2.45) is 7.05 Å². The molecule has 0 saturated heterocycles. The zero-order chi connectivity index (χ0) is 13.3. The predicted octanol–water partition coefficient (Wildman–Crippen LogP) is 2.31. The van der Waals surface area contributed by atoms with Crippen molar-refractivity contribution in [3.8, 4) is 0 Å². The van der Waals surface area contributed by atoms with Crippen molar-refractivity contribution in [1.82, 2.24) is 9.78 Å². The van der Waals surface area contributed by atoms with Crippen LogP contribution in [0.2, 0.25) is 0 Å². The van der Waals surface area contributed by atoms with Crippen LogP contribution in [0.3, 0.4) is 0 Å². The molecule has 0 atom stereocenters. The summed E-state index contributed by atoms with van der Waals surface area (Å²) in [6, 6.07) is 7.88. The second kappa shape index (κ2) is 4.64. The second-order valence-electron chi connectivity index (χ2n) is 4.51. The fourth-order valence-corrected chi connectivity index (χ4v) is 1.94. The molecule has 0 fully saturated rings. The number of nitrogens with zero attached hydrogens (tertiary/aromatic N) is 3. The maximum absolute atomic E-state index is 12.4. The summed E-state index contributed by atoms with van der Waals surface area (Å²) in [5.74, 6) is -0.0359. The van der Waals surface area contributed by atoms with Crippen LogP contribution in [-0.2, 0) is 7.05 Å². The number of carbonyl (C=O) groups is 1. The van der Waals surface area contributed by atoms with Gasteiger partial charge in [0.05, 0.1) is 11.3 Å². The van der Waals surface area contributed by atoms with E-state index in [9.17, 15) is 4.79 Å². The summed E-state index contributed by atoms with van der Waals surface area (Å²) in [4.78, 5) is 14.0. The van der Waals surface area contributed by atoms with Crippen molar-refractivity contribution in [3.05, 3.63) is 47.3 Å². The zero-order valence-electron chi connectivity index (χ0n) is 11.1. The van der Waals surface area contributed by atoms with Gasteiger partial charge in [0.15, 0.2) is 0 Å². The molecule has 1 aromatic heterocycles. The van der Waals surface area contributed by atoms with E-state index in [0.29, 0.717) is 5.56 Å². The van der Waals surface area contributed by atoms with E-state index >= 15 is 0 Å². The lowest BCUT2D eigenvalue weighted by Gasteiger charge is -2.17. The molecular formula is C14H17N3O. The SMILES string of the molecule is Cc1cccc(N(C)C(=O)c2cn(C)nc2C)c1.